The number of aromatic nitrogens is 2. The van der Waals surface area contributed by atoms with Crippen LogP contribution in [0.25, 0.3) is 0 Å². The summed E-state index contributed by atoms with van der Waals surface area (Å²) in [6.07, 6.45) is 3.52. The SMILES string of the molecule is NC(=O)c1c[c]cnc1N1CCN(Cc2ccc[nH]2)CC1. The average molecular weight is 284 g/mol. The molecule has 109 valence electrons. The molecule has 0 bridgehead atoms. The van der Waals surface area contributed by atoms with Crippen molar-refractivity contribution in [1.29, 1.82) is 0 Å². The summed E-state index contributed by atoms with van der Waals surface area (Å²) in [6, 6.07) is 8.51. The monoisotopic (exact) mass is 284 g/mol. The molecular formula is C15H18N5O. The Morgan fingerprint density at radius 3 is 2.86 bits per heavy atom. The molecule has 3 rings (SSSR count). The minimum absolute atomic E-state index is 0.440. The van der Waals surface area contributed by atoms with Gasteiger partial charge in [-0.05, 0) is 18.2 Å². The number of H-pyrrole nitrogens is 1. The van der Waals surface area contributed by atoms with Gasteiger partial charge in [0.05, 0.1) is 5.56 Å². The van der Waals surface area contributed by atoms with Gasteiger partial charge in [0.25, 0.3) is 5.91 Å². The molecule has 6 heteroatoms. The summed E-state index contributed by atoms with van der Waals surface area (Å²) in [7, 11) is 0. The molecule has 1 aliphatic heterocycles. The van der Waals surface area contributed by atoms with Gasteiger partial charge in [-0.3, -0.25) is 9.69 Å². The topological polar surface area (TPSA) is 78.2 Å². The van der Waals surface area contributed by atoms with Crippen LogP contribution in [0.4, 0.5) is 5.82 Å². The molecule has 2 aromatic rings. The zero-order valence-electron chi connectivity index (χ0n) is 11.7. The van der Waals surface area contributed by atoms with Crippen molar-refractivity contribution in [3.05, 3.63) is 47.9 Å². The number of nitrogens with zero attached hydrogens (tertiary/aromatic N) is 3. The highest BCUT2D eigenvalue weighted by Gasteiger charge is 2.21. The number of aromatic amines is 1. The Morgan fingerprint density at radius 1 is 1.38 bits per heavy atom. The van der Waals surface area contributed by atoms with Crippen molar-refractivity contribution in [2.24, 2.45) is 5.73 Å². The number of carbonyl (C=O) groups excluding carboxylic acids is 1. The Morgan fingerprint density at radius 2 is 2.19 bits per heavy atom. The van der Waals surface area contributed by atoms with Gasteiger partial charge in [-0.15, -0.1) is 0 Å². The molecule has 0 spiro atoms. The predicted molar refractivity (Wildman–Crippen MR) is 79.9 cm³/mol. The number of primary amides is 1. The Bertz CT molecular complexity index is 602. The lowest BCUT2D eigenvalue weighted by Gasteiger charge is -2.35. The number of hydrogen-bond acceptors (Lipinski definition) is 4. The Hall–Kier alpha value is -2.34. The van der Waals surface area contributed by atoms with E-state index < -0.39 is 5.91 Å². The van der Waals surface area contributed by atoms with Gasteiger partial charge in [-0.2, -0.15) is 0 Å². The minimum atomic E-state index is -0.455. The first-order chi connectivity index (χ1) is 10.2. The molecule has 1 fully saturated rings. The fraction of sp³-hybridized carbons (Fsp3) is 0.333. The second kappa shape index (κ2) is 5.97. The van der Waals surface area contributed by atoms with Crippen LogP contribution in [0.5, 0.6) is 0 Å². The van der Waals surface area contributed by atoms with Gasteiger partial charge in [0, 0.05) is 56.9 Å². The third kappa shape index (κ3) is 3.05. The number of pyridine rings is 1. The second-order valence-electron chi connectivity index (χ2n) is 5.13. The molecule has 0 aliphatic carbocycles. The van der Waals surface area contributed by atoms with E-state index in [1.807, 2.05) is 12.3 Å². The van der Waals surface area contributed by atoms with E-state index >= 15 is 0 Å². The molecule has 1 radical (unpaired) electrons. The number of piperazine rings is 1. The second-order valence-corrected chi connectivity index (χ2v) is 5.13. The van der Waals surface area contributed by atoms with Crippen molar-refractivity contribution in [1.82, 2.24) is 14.9 Å². The zero-order chi connectivity index (χ0) is 14.7. The van der Waals surface area contributed by atoms with Crippen LogP contribution in [0.15, 0.2) is 30.6 Å². The first kappa shape index (κ1) is 13.6. The quantitative estimate of drug-likeness (QED) is 0.863. The maximum atomic E-state index is 11.5. The summed E-state index contributed by atoms with van der Waals surface area (Å²) in [5.41, 5.74) is 7.06. The smallest absolute Gasteiger partial charge is 0.252 e. The van der Waals surface area contributed by atoms with Crippen LogP contribution in [-0.4, -0.2) is 47.0 Å². The molecule has 0 aromatic carbocycles. The number of anilines is 1. The van der Waals surface area contributed by atoms with Crippen LogP contribution in [0, 0.1) is 6.07 Å². The summed E-state index contributed by atoms with van der Waals surface area (Å²) in [4.78, 5) is 23.4. The molecule has 21 heavy (non-hydrogen) atoms. The van der Waals surface area contributed by atoms with Gasteiger partial charge in [-0.1, -0.05) is 0 Å². The highest BCUT2D eigenvalue weighted by molar-refractivity contribution is 5.97. The molecule has 1 saturated heterocycles. The van der Waals surface area contributed by atoms with E-state index in [9.17, 15) is 4.79 Å². The largest absolute Gasteiger partial charge is 0.365 e. The third-order valence-corrected chi connectivity index (χ3v) is 3.72. The molecule has 3 heterocycles. The fourth-order valence-corrected chi connectivity index (χ4v) is 2.61. The van der Waals surface area contributed by atoms with Gasteiger partial charge in [0.15, 0.2) is 0 Å². The van der Waals surface area contributed by atoms with E-state index in [1.165, 1.54) is 5.69 Å². The molecule has 1 aliphatic rings. The molecule has 0 unspecified atom stereocenters. The van der Waals surface area contributed by atoms with E-state index in [-0.39, 0.29) is 0 Å². The van der Waals surface area contributed by atoms with E-state index in [2.05, 4.69) is 31.9 Å². The number of hydrogen-bond donors (Lipinski definition) is 2. The van der Waals surface area contributed by atoms with E-state index in [0.717, 1.165) is 32.7 Å². The molecule has 6 nitrogen and oxygen atoms in total. The fourth-order valence-electron chi connectivity index (χ4n) is 2.61. The summed E-state index contributed by atoms with van der Waals surface area (Å²) in [5, 5.41) is 0. The van der Waals surface area contributed by atoms with E-state index in [4.69, 9.17) is 5.73 Å². The lowest BCUT2D eigenvalue weighted by atomic mass is 10.2. The van der Waals surface area contributed by atoms with Gasteiger partial charge >= 0.3 is 0 Å². The standard InChI is InChI=1S/C15H18N5O/c16-14(21)13-4-2-6-18-15(13)20-9-7-19(8-10-20)11-12-3-1-5-17-12/h1,3-6,17H,7-11H2,(H2,16,21). The van der Waals surface area contributed by atoms with Crippen molar-refractivity contribution in [2.75, 3.05) is 31.1 Å². The Balaban J connectivity index is 1.64. The summed E-state index contributed by atoms with van der Waals surface area (Å²) in [6.45, 7) is 4.44. The lowest BCUT2D eigenvalue weighted by Crippen LogP contribution is -2.46. The van der Waals surface area contributed by atoms with E-state index in [0.29, 0.717) is 11.4 Å². The van der Waals surface area contributed by atoms with Crippen molar-refractivity contribution in [3.8, 4) is 0 Å². The van der Waals surface area contributed by atoms with E-state index in [1.54, 1.807) is 12.3 Å². The summed E-state index contributed by atoms with van der Waals surface area (Å²) >= 11 is 0. The van der Waals surface area contributed by atoms with Gasteiger partial charge < -0.3 is 15.6 Å². The van der Waals surface area contributed by atoms with Gasteiger partial charge in [0.2, 0.25) is 0 Å². The average Bonchev–Trinajstić information content (AvgIpc) is 3.01. The van der Waals surface area contributed by atoms with Gasteiger partial charge in [0.1, 0.15) is 5.82 Å². The maximum absolute atomic E-state index is 11.5. The zero-order valence-corrected chi connectivity index (χ0v) is 11.7. The van der Waals surface area contributed by atoms with Crippen LogP contribution in [-0.2, 0) is 6.54 Å². The first-order valence-electron chi connectivity index (χ1n) is 6.99. The Kier molecular flexibility index (Phi) is 3.87. The van der Waals surface area contributed by atoms with Crippen LogP contribution < -0.4 is 10.6 Å². The first-order valence-corrected chi connectivity index (χ1v) is 6.99. The number of amides is 1. The normalized spacial score (nSPS) is 16.1. The number of rotatable bonds is 4. The highest BCUT2D eigenvalue weighted by Crippen LogP contribution is 2.18. The molecule has 2 aromatic heterocycles. The molecular weight excluding hydrogens is 266 g/mol. The molecule has 3 N–H and O–H groups in total. The number of nitrogens with two attached hydrogens (primary N) is 1. The number of nitrogens with one attached hydrogen (secondary N) is 1. The molecule has 0 saturated carbocycles. The van der Waals surface area contributed by atoms with Crippen LogP contribution in [0.1, 0.15) is 16.1 Å². The van der Waals surface area contributed by atoms with Gasteiger partial charge in [-0.25, -0.2) is 4.98 Å². The minimum Gasteiger partial charge on any atom is -0.365 e. The van der Waals surface area contributed by atoms with Crippen LogP contribution in [0.2, 0.25) is 0 Å². The Labute approximate surface area is 123 Å². The maximum Gasteiger partial charge on any atom is 0.252 e. The molecule has 0 atom stereocenters. The van der Waals surface area contributed by atoms with Crippen LogP contribution >= 0.6 is 0 Å². The van der Waals surface area contributed by atoms with Crippen molar-refractivity contribution in [2.45, 2.75) is 6.54 Å². The molecule has 1 amide bonds. The number of carbonyl (C=O) groups is 1. The highest BCUT2D eigenvalue weighted by atomic mass is 16.1. The summed E-state index contributed by atoms with van der Waals surface area (Å²) in [5.74, 6) is 0.212. The van der Waals surface area contributed by atoms with Crippen molar-refractivity contribution in [3.63, 3.8) is 0 Å². The van der Waals surface area contributed by atoms with Crippen molar-refractivity contribution >= 4 is 11.7 Å². The van der Waals surface area contributed by atoms with Crippen LogP contribution in [0.3, 0.4) is 0 Å². The predicted octanol–water partition coefficient (Wildman–Crippen LogP) is 0.631. The summed E-state index contributed by atoms with van der Waals surface area (Å²) < 4.78 is 0. The van der Waals surface area contributed by atoms with Crippen molar-refractivity contribution < 1.29 is 4.79 Å². The lowest BCUT2D eigenvalue weighted by molar-refractivity contribution is 0.1000. The third-order valence-electron chi connectivity index (χ3n) is 3.72.